The number of carbonyl (C=O) groups excluding carboxylic acids is 2. The van der Waals surface area contributed by atoms with Gasteiger partial charge in [-0.15, -0.1) is 0 Å². The van der Waals surface area contributed by atoms with Crippen LogP contribution in [0.1, 0.15) is 25.6 Å². The molecule has 2 aromatic rings. The van der Waals surface area contributed by atoms with Gasteiger partial charge in [-0.2, -0.15) is 0 Å². The maximum atomic E-state index is 13.1. The highest BCUT2D eigenvalue weighted by molar-refractivity contribution is 6.30. The summed E-state index contributed by atoms with van der Waals surface area (Å²) in [6.45, 7) is 5.69. The van der Waals surface area contributed by atoms with Gasteiger partial charge in [-0.05, 0) is 18.2 Å². The Bertz CT molecular complexity index is 959. The number of benzene rings is 1. The van der Waals surface area contributed by atoms with E-state index in [1.807, 2.05) is 39.6 Å². The summed E-state index contributed by atoms with van der Waals surface area (Å²) in [5, 5.41) is 0.605. The number of morpholine rings is 1. The molecular weight excluding hydrogens is 444 g/mol. The van der Waals surface area contributed by atoms with E-state index in [0.717, 1.165) is 12.2 Å². The molecule has 3 heterocycles. The van der Waals surface area contributed by atoms with Crippen LogP contribution in [-0.4, -0.2) is 76.7 Å². The number of likely N-dealkylation sites (tertiary alicyclic amines) is 1. The van der Waals surface area contributed by atoms with Crippen molar-refractivity contribution in [2.24, 2.45) is 5.92 Å². The third-order valence-corrected chi connectivity index (χ3v) is 6.56. The van der Waals surface area contributed by atoms with Crippen molar-refractivity contribution in [2.45, 2.75) is 38.8 Å². The first kappa shape index (κ1) is 23.6. The number of aryl methyl sites for hydroxylation is 1. The van der Waals surface area contributed by atoms with Crippen LogP contribution in [0.25, 0.3) is 0 Å². The standard InChI is InChI=1S/C24H31ClN4O4/c1-2-22-26-7-9-28(22)17-24(31)29-8-6-21(33-20-5-3-4-19(25)15-20)18(16-29)14-23(30)27-10-12-32-13-11-27/h3-5,7,9,15,18,21H,2,6,8,10-14,16-17H2,1H3/t18-,21-/m0/s1. The lowest BCUT2D eigenvalue weighted by atomic mass is 9.90. The fourth-order valence-electron chi connectivity index (χ4n) is 4.51. The van der Waals surface area contributed by atoms with Crippen LogP contribution < -0.4 is 4.74 Å². The molecule has 1 aromatic carbocycles. The summed E-state index contributed by atoms with van der Waals surface area (Å²) < 4.78 is 13.5. The molecule has 2 saturated heterocycles. The Hall–Kier alpha value is -2.58. The second-order valence-electron chi connectivity index (χ2n) is 8.52. The molecule has 2 amide bonds. The molecule has 0 spiro atoms. The molecule has 2 aliphatic rings. The van der Waals surface area contributed by atoms with E-state index in [-0.39, 0.29) is 30.4 Å². The van der Waals surface area contributed by atoms with Gasteiger partial charge in [0.2, 0.25) is 11.8 Å². The number of ether oxygens (including phenoxy) is 2. The lowest BCUT2D eigenvalue weighted by molar-refractivity contribution is -0.141. The maximum absolute atomic E-state index is 13.1. The van der Waals surface area contributed by atoms with Gasteiger partial charge in [-0.1, -0.05) is 24.6 Å². The van der Waals surface area contributed by atoms with Gasteiger partial charge in [0, 0.05) is 68.8 Å². The van der Waals surface area contributed by atoms with E-state index in [0.29, 0.717) is 63.0 Å². The number of rotatable bonds is 7. The SMILES string of the molecule is CCc1nccn1CC(=O)N1CC[C@H](Oc2cccc(Cl)c2)[C@@H](CC(=O)N2CCOCC2)C1. The monoisotopic (exact) mass is 474 g/mol. The van der Waals surface area contributed by atoms with E-state index in [2.05, 4.69) is 4.98 Å². The number of aromatic nitrogens is 2. The summed E-state index contributed by atoms with van der Waals surface area (Å²) in [6.07, 6.45) is 5.15. The lowest BCUT2D eigenvalue weighted by Crippen LogP contribution is -2.51. The normalized spacial score (nSPS) is 21.2. The first-order valence-corrected chi connectivity index (χ1v) is 12.0. The molecule has 0 bridgehead atoms. The zero-order valence-corrected chi connectivity index (χ0v) is 19.7. The summed E-state index contributed by atoms with van der Waals surface area (Å²) >= 11 is 6.13. The van der Waals surface area contributed by atoms with Gasteiger partial charge in [0.1, 0.15) is 24.2 Å². The van der Waals surface area contributed by atoms with Crippen LogP contribution in [0.5, 0.6) is 5.75 Å². The Kier molecular flexibility index (Phi) is 7.88. The largest absolute Gasteiger partial charge is 0.490 e. The van der Waals surface area contributed by atoms with Crippen molar-refractivity contribution >= 4 is 23.4 Å². The molecule has 9 heteroatoms. The van der Waals surface area contributed by atoms with Crippen LogP contribution in [0, 0.1) is 5.92 Å². The van der Waals surface area contributed by atoms with Gasteiger partial charge in [-0.3, -0.25) is 9.59 Å². The average molecular weight is 475 g/mol. The summed E-state index contributed by atoms with van der Waals surface area (Å²) in [5.74, 6) is 1.59. The summed E-state index contributed by atoms with van der Waals surface area (Å²) in [6, 6.07) is 7.30. The van der Waals surface area contributed by atoms with Crippen molar-refractivity contribution in [3.63, 3.8) is 0 Å². The van der Waals surface area contributed by atoms with E-state index in [9.17, 15) is 9.59 Å². The van der Waals surface area contributed by atoms with Crippen molar-refractivity contribution in [1.29, 1.82) is 0 Å². The summed E-state index contributed by atoms with van der Waals surface area (Å²) in [5.41, 5.74) is 0. The smallest absolute Gasteiger partial charge is 0.242 e. The number of imidazole rings is 1. The predicted molar refractivity (Wildman–Crippen MR) is 124 cm³/mol. The number of hydrogen-bond donors (Lipinski definition) is 0. The molecule has 1 aromatic heterocycles. The summed E-state index contributed by atoms with van der Waals surface area (Å²) in [7, 11) is 0. The highest BCUT2D eigenvalue weighted by atomic mass is 35.5. The number of halogens is 1. The lowest BCUT2D eigenvalue weighted by Gasteiger charge is -2.39. The molecule has 2 atom stereocenters. The van der Waals surface area contributed by atoms with E-state index in [1.165, 1.54) is 0 Å². The molecule has 0 unspecified atom stereocenters. The van der Waals surface area contributed by atoms with Crippen LogP contribution in [0.4, 0.5) is 0 Å². The van der Waals surface area contributed by atoms with Crippen molar-refractivity contribution in [1.82, 2.24) is 19.4 Å². The molecule has 33 heavy (non-hydrogen) atoms. The minimum absolute atomic E-state index is 0.0349. The van der Waals surface area contributed by atoms with Gasteiger partial charge < -0.3 is 23.8 Å². The van der Waals surface area contributed by atoms with Crippen LogP contribution >= 0.6 is 11.6 Å². The van der Waals surface area contributed by atoms with E-state index in [4.69, 9.17) is 21.1 Å². The second kappa shape index (κ2) is 11.0. The Morgan fingerprint density at radius 1 is 1.18 bits per heavy atom. The zero-order valence-electron chi connectivity index (χ0n) is 19.0. The highest BCUT2D eigenvalue weighted by Gasteiger charge is 2.35. The topological polar surface area (TPSA) is 76.9 Å². The van der Waals surface area contributed by atoms with Gasteiger partial charge in [0.15, 0.2) is 0 Å². The molecule has 2 fully saturated rings. The first-order valence-electron chi connectivity index (χ1n) is 11.6. The van der Waals surface area contributed by atoms with Gasteiger partial charge in [0.05, 0.1) is 13.2 Å². The minimum Gasteiger partial charge on any atom is -0.490 e. The fraction of sp³-hybridized carbons (Fsp3) is 0.542. The van der Waals surface area contributed by atoms with Gasteiger partial charge in [0.25, 0.3) is 0 Å². The van der Waals surface area contributed by atoms with Gasteiger partial charge in [-0.25, -0.2) is 4.98 Å². The molecule has 4 rings (SSSR count). The number of carbonyl (C=O) groups is 2. The van der Waals surface area contributed by atoms with E-state index < -0.39 is 0 Å². The highest BCUT2D eigenvalue weighted by Crippen LogP contribution is 2.28. The second-order valence-corrected chi connectivity index (χ2v) is 8.96. The number of amides is 2. The Labute approximate surface area is 199 Å². The van der Waals surface area contributed by atoms with E-state index >= 15 is 0 Å². The molecule has 0 saturated carbocycles. The number of nitrogens with zero attached hydrogens (tertiary/aromatic N) is 4. The maximum Gasteiger partial charge on any atom is 0.242 e. The minimum atomic E-state index is -0.169. The quantitative estimate of drug-likeness (QED) is 0.616. The molecule has 8 nitrogen and oxygen atoms in total. The van der Waals surface area contributed by atoms with Crippen LogP contribution in [0.3, 0.4) is 0 Å². The molecule has 0 aliphatic carbocycles. The molecule has 0 radical (unpaired) electrons. The van der Waals surface area contributed by atoms with Crippen molar-refractivity contribution < 1.29 is 19.1 Å². The van der Waals surface area contributed by atoms with Crippen molar-refractivity contribution in [3.8, 4) is 5.75 Å². The first-order chi connectivity index (χ1) is 16.0. The Morgan fingerprint density at radius 3 is 2.76 bits per heavy atom. The average Bonchev–Trinajstić information content (AvgIpc) is 3.27. The van der Waals surface area contributed by atoms with Crippen LogP contribution in [-0.2, 0) is 27.3 Å². The molecule has 0 N–H and O–H groups in total. The molecule has 178 valence electrons. The van der Waals surface area contributed by atoms with Crippen LogP contribution in [0.2, 0.25) is 5.02 Å². The fourth-order valence-corrected chi connectivity index (χ4v) is 4.69. The Morgan fingerprint density at radius 2 is 2.00 bits per heavy atom. The third kappa shape index (κ3) is 6.06. The third-order valence-electron chi connectivity index (χ3n) is 6.32. The predicted octanol–water partition coefficient (Wildman–Crippen LogP) is 2.64. The van der Waals surface area contributed by atoms with Gasteiger partial charge >= 0.3 is 0 Å². The number of hydrogen-bond acceptors (Lipinski definition) is 5. The molecular formula is C24H31ClN4O4. The number of piperidine rings is 1. The van der Waals surface area contributed by atoms with Crippen LogP contribution in [0.15, 0.2) is 36.7 Å². The zero-order chi connectivity index (χ0) is 23.2. The molecule has 2 aliphatic heterocycles. The van der Waals surface area contributed by atoms with E-state index in [1.54, 1.807) is 18.3 Å². The van der Waals surface area contributed by atoms with Crippen molar-refractivity contribution in [2.75, 3.05) is 39.4 Å². The Balaban J connectivity index is 1.45. The van der Waals surface area contributed by atoms with Crippen molar-refractivity contribution in [3.05, 3.63) is 47.5 Å². The summed E-state index contributed by atoms with van der Waals surface area (Å²) in [4.78, 5) is 34.1.